The van der Waals surface area contributed by atoms with Crippen molar-refractivity contribution in [3.63, 3.8) is 0 Å². The number of halogens is 1. The summed E-state index contributed by atoms with van der Waals surface area (Å²) in [7, 11) is 0. The molecule has 0 aliphatic rings. The van der Waals surface area contributed by atoms with E-state index in [1.54, 1.807) is 0 Å². The third-order valence-corrected chi connectivity index (χ3v) is 3.56. The first-order valence-electron chi connectivity index (χ1n) is 8.55. The standard InChI is InChI=1S/C20H24FNO3/c1-2-14-24-19-8-4-3-6-16(19)7-5-13-22-20(23)15-25-18-11-9-17(21)10-12-18/h3-4,6,8-12H,2,5,7,13-15H2,1H3,(H,22,23). The van der Waals surface area contributed by atoms with Gasteiger partial charge in [0, 0.05) is 6.54 Å². The van der Waals surface area contributed by atoms with E-state index in [1.807, 2.05) is 24.3 Å². The van der Waals surface area contributed by atoms with Gasteiger partial charge < -0.3 is 14.8 Å². The van der Waals surface area contributed by atoms with E-state index in [1.165, 1.54) is 24.3 Å². The monoisotopic (exact) mass is 345 g/mol. The summed E-state index contributed by atoms with van der Waals surface area (Å²) < 4.78 is 23.8. The molecule has 134 valence electrons. The van der Waals surface area contributed by atoms with Crippen LogP contribution in [0.1, 0.15) is 25.3 Å². The second-order valence-electron chi connectivity index (χ2n) is 5.65. The van der Waals surface area contributed by atoms with Gasteiger partial charge in [-0.2, -0.15) is 0 Å². The van der Waals surface area contributed by atoms with Gasteiger partial charge in [0.05, 0.1) is 6.61 Å². The lowest BCUT2D eigenvalue weighted by Gasteiger charge is -2.11. The van der Waals surface area contributed by atoms with Crippen LogP contribution in [0.3, 0.4) is 0 Å². The van der Waals surface area contributed by atoms with Crippen LogP contribution in [0.2, 0.25) is 0 Å². The van der Waals surface area contributed by atoms with Crippen molar-refractivity contribution >= 4 is 5.91 Å². The Bertz CT molecular complexity index is 658. The zero-order valence-electron chi connectivity index (χ0n) is 14.5. The van der Waals surface area contributed by atoms with Crippen molar-refractivity contribution in [1.29, 1.82) is 0 Å². The molecule has 0 saturated heterocycles. The largest absolute Gasteiger partial charge is 0.493 e. The fourth-order valence-electron chi connectivity index (χ4n) is 2.30. The summed E-state index contributed by atoms with van der Waals surface area (Å²) in [5.41, 5.74) is 1.15. The molecule has 0 saturated carbocycles. The van der Waals surface area contributed by atoms with Gasteiger partial charge in [-0.25, -0.2) is 4.39 Å². The Morgan fingerprint density at radius 1 is 1.08 bits per heavy atom. The predicted octanol–water partition coefficient (Wildman–Crippen LogP) is 3.74. The zero-order valence-corrected chi connectivity index (χ0v) is 14.5. The molecule has 4 nitrogen and oxygen atoms in total. The van der Waals surface area contributed by atoms with Gasteiger partial charge in [0.1, 0.15) is 17.3 Å². The van der Waals surface area contributed by atoms with E-state index in [-0.39, 0.29) is 18.3 Å². The molecule has 0 atom stereocenters. The minimum Gasteiger partial charge on any atom is -0.493 e. The van der Waals surface area contributed by atoms with E-state index in [9.17, 15) is 9.18 Å². The minimum atomic E-state index is -0.333. The van der Waals surface area contributed by atoms with Gasteiger partial charge in [-0.1, -0.05) is 25.1 Å². The SMILES string of the molecule is CCCOc1ccccc1CCCNC(=O)COc1ccc(F)cc1. The highest BCUT2D eigenvalue weighted by Crippen LogP contribution is 2.19. The fourth-order valence-corrected chi connectivity index (χ4v) is 2.30. The van der Waals surface area contributed by atoms with E-state index >= 15 is 0 Å². The van der Waals surface area contributed by atoms with Gasteiger partial charge in [0.25, 0.3) is 5.91 Å². The topological polar surface area (TPSA) is 47.6 Å². The van der Waals surface area contributed by atoms with Crippen LogP contribution in [0.15, 0.2) is 48.5 Å². The van der Waals surface area contributed by atoms with Crippen molar-refractivity contribution < 1.29 is 18.7 Å². The molecule has 0 fully saturated rings. The van der Waals surface area contributed by atoms with Gasteiger partial charge >= 0.3 is 0 Å². The Hall–Kier alpha value is -2.56. The molecule has 0 heterocycles. The molecular formula is C20H24FNO3. The highest BCUT2D eigenvalue weighted by Gasteiger charge is 2.05. The van der Waals surface area contributed by atoms with E-state index in [4.69, 9.17) is 9.47 Å². The molecule has 1 amide bonds. The summed E-state index contributed by atoms with van der Waals surface area (Å²) in [6, 6.07) is 13.6. The smallest absolute Gasteiger partial charge is 0.257 e. The predicted molar refractivity (Wildman–Crippen MR) is 95.5 cm³/mol. The summed E-state index contributed by atoms with van der Waals surface area (Å²) in [5.74, 6) is 0.855. The molecule has 5 heteroatoms. The van der Waals surface area contributed by atoms with E-state index < -0.39 is 0 Å². The lowest BCUT2D eigenvalue weighted by atomic mass is 10.1. The van der Waals surface area contributed by atoms with Gasteiger partial charge in [-0.05, 0) is 55.2 Å². The number of aryl methyl sites for hydroxylation is 1. The third kappa shape index (κ3) is 6.83. The maximum Gasteiger partial charge on any atom is 0.257 e. The lowest BCUT2D eigenvalue weighted by Crippen LogP contribution is -2.29. The van der Waals surface area contributed by atoms with Crippen LogP contribution in [0.4, 0.5) is 4.39 Å². The number of para-hydroxylation sites is 1. The molecule has 1 N–H and O–H groups in total. The Balaban J connectivity index is 1.67. The van der Waals surface area contributed by atoms with Crippen LogP contribution in [-0.4, -0.2) is 25.7 Å². The first-order valence-corrected chi connectivity index (χ1v) is 8.55. The molecule has 25 heavy (non-hydrogen) atoms. The highest BCUT2D eigenvalue weighted by atomic mass is 19.1. The van der Waals surface area contributed by atoms with Crippen molar-refractivity contribution in [2.75, 3.05) is 19.8 Å². The van der Waals surface area contributed by atoms with Crippen LogP contribution < -0.4 is 14.8 Å². The molecular weight excluding hydrogens is 321 g/mol. The maximum atomic E-state index is 12.8. The molecule has 0 unspecified atom stereocenters. The minimum absolute atomic E-state index is 0.0815. The normalized spacial score (nSPS) is 10.3. The lowest BCUT2D eigenvalue weighted by molar-refractivity contribution is -0.123. The van der Waals surface area contributed by atoms with Crippen molar-refractivity contribution in [2.24, 2.45) is 0 Å². The second kappa shape index (κ2) is 10.3. The number of carbonyl (C=O) groups is 1. The number of ether oxygens (including phenoxy) is 2. The Labute approximate surface area is 148 Å². The number of amides is 1. The van der Waals surface area contributed by atoms with E-state index in [0.717, 1.165) is 30.6 Å². The summed E-state index contributed by atoms with van der Waals surface area (Å²) >= 11 is 0. The Morgan fingerprint density at radius 2 is 1.84 bits per heavy atom. The molecule has 0 bridgehead atoms. The average molecular weight is 345 g/mol. The third-order valence-electron chi connectivity index (χ3n) is 3.56. The second-order valence-corrected chi connectivity index (χ2v) is 5.65. The van der Waals surface area contributed by atoms with Crippen molar-refractivity contribution in [1.82, 2.24) is 5.32 Å². The Morgan fingerprint density at radius 3 is 2.60 bits per heavy atom. The molecule has 0 spiro atoms. The van der Waals surface area contributed by atoms with Crippen LogP contribution >= 0.6 is 0 Å². The van der Waals surface area contributed by atoms with Crippen LogP contribution in [0.5, 0.6) is 11.5 Å². The highest BCUT2D eigenvalue weighted by molar-refractivity contribution is 5.77. The number of benzene rings is 2. The fraction of sp³-hybridized carbons (Fsp3) is 0.350. The molecule has 2 aromatic carbocycles. The quantitative estimate of drug-likeness (QED) is 0.667. The summed E-state index contributed by atoms with van der Waals surface area (Å²) in [6.07, 6.45) is 2.62. The Kier molecular flexibility index (Phi) is 7.76. The molecule has 0 aliphatic heterocycles. The van der Waals surface area contributed by atoms with Gasteiger partial charge in [0.15, 0.2) is 6.61 Å². The number of nitrogens with one attached hydrogen (secondary N) is 1. The van der Waals surface area contributed by atoms with Gasteiger partial charge in [0.2, 0.25) is 0 Å². The van der Waals surface area contributed by atoms with Crippen molar-refractivity contribution in [3.05, 3.63) is 59.9 Å². The van der Waals surface area contributed by atoms with Gasteiger partial charge in [-0.3, -0.25) is 4.79 Å². The maximum absolute atomic E-state index is 12.8. The number of carbonyl (C=O) groups excluding carboxylic acids is 1. The molecule has 0 aliphatic carbocycles. The number of rotatable bonds is 10. The molecule has 0 aromatic heterocycles. The number of hydrogen-bond acceptors (Lipinski definition) is 3. The molecule has 0 radical (unpaired) electrons. The van der Waals surface area contributed by atoms with E-state index in [2.05, 4.69) is 12.2 Å². The first kappa shape index (κ1) is 18.8. The average Bonchev–Trinajstić information content (AvgIpc) is 2.64. The molecule has 2 rings (SSSR count). The van der Waals surface area contributed by atoms with Crippen LogP contribution in [0, 0.1) is 5.82 Å². The van der Waals surface area contributed by atoms with E-state index in [0.29, 0.717) is 18.9 Å². The van der Waals surface area contributed by atoms with Gasteiger partial charge in [-0.15, -0.1) is 0 Å². The summed E-state index contributed by atoms with van der Waals surface area (Å²) in [5, 5.41) is 2.82. The summed E-state index contributed by atoms with van der Waals surface area (Å²) in [6.45, 7) is 3.26. The van der Waals surface area contributed by atoms with Crippen molar-refractivity contribution in [2.45, 2.75) is 26.2 Å². The van der Waals surface area contributed by atoms with Crippen LogP contribution in [0.25, 0.3) is 0 Å². The zero-order chi connectivity index (χ0) is 17.9. The first-order chi connectivity index (χ1) is 12.2. The molecule has 2 aromatic rings. The number of hydrogen-bond donors (Lipinski definition) is 1. The van der Waals surface area contributed by atoms with Crippen LogP contribution in [-0.2, 0) is 11.2 Å². The summed E-state index contributed by atoms with van der Waals surface area (Å²) in [4.78, 5) is 11.8. The van der Waals surface area contributed by atoms with Crippen molar-refractivity contribution in [3.8, 4) is 11.5 Å².